The highest BCUT2D eigenvalue weighted by molar-refractivity contribution is 8.00. The molecule has 2 unspecified atom stereocenters. The molecule has 3 heterocycles. The number of amides is 3. The van der Waals surface area contributed by atoms with Gasteiger partial charge in [0, 0.05) is 33.6 Å². The second-order valence-corrected chi connectivity index (χ2v) is 13.1. The van der Waals surface area contributed by atoms with Crippen molar-refractivity contribution in [3.63, 3.8) is 0 Å². The number of hydrogen-bond acceptors (Lipinski definition) is 8. The third kappa shape index (κ3) is 5.34. The molecule has 2 aliphatic heterocycles. The van der Waals surface area contributed by atoms with Gasteiger partial charge in [-0.15, -0.1) is 0 Å². The van der Waals surface area contributed by atoms with Crippen LogP contribution in [-0.2, 0) is 20.9 Å². The number of carbonyl (C=O) groups is 3. The van der Waals surface area contributed by atoms with Crippen molar-refractivity contribution in [2.75, 3.05) is 10.2 Å². The number of non-ortho nitro benzene ring substituents is 1. The van der Waals surface area contributed by atoms with E-state index in [1.54, 1.807) is 30.3 Å². The fourth-order valence-corrected chi connectivity index (χ4v) is 8.38. The Hall–Kier alpha value is -3.68. The zero-order chi connectivity index (χ0) is 30.6. The molecule has 15 heteroatoms. The number of nitro groups is 1. The average molecular weight is 676 g/mol. The van der Waals surface area contributed by atoms with E-state index in [1.165, 1.54) is 41.0 Å². The minimum Gasteiger partial charge on any atom is -0.324 e. The van der Waals surface area contributed by atoms with E-state index in [0.717, 1.165) is 28.0 Å². The predicted octanol–water partition coefficient (Wildman–Crippen LogP) is 6.21. The van der Waals surface area contributed by atoms with Crippen molar-refractivity contribution < 1.29 is 19.3 Å². The van der Waals surface area contributed by atoms with Crippen LogP contribution >= 0.6 is 57.9 Å². The zero-order valence-corrected chi connectivity index (χ0v) is 25.4. The maximum atomic E-state index is 13.9. The van der Waals surface area contributed by atoms with Gasteiger partial charge in [-0.25, -0.2) is 4.90 Å². The van der Waals surface area contributed by atoms with Crippen LogP contribution in [0.15, 0.2) is 76.6 Å². The van der Waals surface area contributed by atoms with Crippen LogP contribution in [0, 0.1) is 16.0 Å². The van der Waals surface area contributed by atoms with Crippen LogP contribution in [0.3, 0.4) is 0 Å². The molecule has 0 bridgehead atoms. The van der Waals surface area contributed by atoms with Crippen molar-refractivity contribution in [2.45, 2.75) is 22.7 Å². The molecule has 4 aromatic rings. The van der Waals surface area contributed by atoms with Gasteiger partial charge in [-0.2, -0.15) is 0 Å². The fraction of sp³-hybridized carbons (Fsp3) is 0.143. The van der Waals surface area contributed by atoms with Gasteiger partial charge in [0.2, 0.25) is 17.7 Å². The van der Waals surface area contributed by atoms with Crippen molar-refractivity contribution in [1.82, 2.24) is 4.57 Å². The molecule has 0 aliphatic carbocycles. The Bertz CT molecular complexity index is 1880. The van der Waals surface area contributed by atoms with Crippen LogP contribution < -0.4 is 15.1 Å². The van der Waals surface area contributed by atoms with Crippen LogP contribution in [0.1, 0.15) is 16.4 Å². The van der Waals surface area contributed by atoms with Crippen molar-refractivity contribution in [2.24, 2.45) is 5.92 Å². The summed E-state index contributed by atoms with van der Waals surface area (Å²) in [5.41, 5.74) is 1.08. The molecule has 0 radical (unpaired) electrons. The van der Waals surface area contributed by atoms with Crippen LogP contribution in [0.5, 0.6) is 0 Å². The number of thioether (sulfide) groups is 1. The Balaban J connectivity index is 1.39. The smallest absolute Gasteiger partial charge is 0.308 e. The number of aromatic nitrogens is 1. The van der Waals surface area contributed by atoms with Gasteiger partial charge >= 0.3 is 4.87 Å². The lowest BCUT2D eigenvalue weighted by molar-refractivity contribution is -0.384. The van der Waals surface area contributed by atoms with Crippen LogP contribution in [-0.4, -0.2) is 32.5 Å². The van der Waals surface area contributed by atoms with Crippen LogP contribution in [0.25, 0.3) is 0 Å². The van der Waals surface area contributed by atoms with E-state index >= 15 is 0 Å². The number of thiazole rings is 1. The van der Waals surface area contributed by atoms with Gasteiger partial charge in [-0.1, -0.05) is 70.0 Å². The number of imide groups is 1. The lowest BCUT2D eigenvalue weighted by atomic mass is 9.83. The summed E-state index contributed by atoms with van der Waals surface area (Å²) in [5, 5.41) is 14.4. The molecule has 43 heavy (non-hydrogen) atoms. The monoisotopic (exact) mass is 674 g/mol. The van der Waals surface area contributed by atoms with Gasteiger partial charge in [0.05, 0.1) is 31.6 Å². The van der Waals surface area contributed by atoms with Gasteiger partial charge < -0.3 is 5.32 Å². The van der Waals surface area contributed by atoms with Crippen LogP contribution in [0.4, 0.5) is 17.1 Å². The molecule has 0 saturated carbocycles. The first kappa shape index (κ1) is 29.4. The standard InChI is InChI=1S/C28H17Cl3N4O6S2/c29-14-3-1-13(2-4-14)21-22-23(26(38)34(25(22)37)16-6-8-17(9-7-16)35(40)41)42-27-24(21)43-28(39)33(27)12-20(36)32-15-5-10-18(30)19(31)11-15/h1-11,21-23H,12H2,(H,32,36)/t21-,22?,23?/m1/s1. The van der Waals surface area contributed by atoms with Crippen molar-refractivity contribution in [1.29, 1.82) is 0 Å². The quantitative estimate of drug-likeness (QED) is 0.146. The molecule has 1 aromatic heterocycles. The lowest BCUT2D eigenvalue weighted by Gasteiger charge is -2.30. The first-order chi connectivity index (χ1) is 20.5. The van der Waals surface area contributed by atoms with Gasteiger partial charge in [-0.05, 0) is 48.0 Å². The van der Waals surface area contributed by atoms with E-state index in [4.69, 9.17) is 34.8 Å². The minimum absolute atomic E-state index is 0.181. The lowest BCUT2D eigenvalue weighted by Crippen LogP contribution is -2.33. The highest BCUT2D eigenvalue weighted by atomic mass is 35.5. The van der Waals surface area contributed by atoms with Crippen molar-refractivity contribution >= 4 is 92.7 Å². The first-order valence-corrected chi connectivity index (χ1v) is 15.4. The highest BCUT2D eigenvalue weighted by Crippen LogP contribution is 2.54. The third-order valence-electron chi connectivity index (χ3n) is 7.10. The summed E-state index contributed by atoms with van der Waals surface area (Å²) in [4.78, 5) is 65.7. The molecule has 218 valence electrons. The maximum absolute atomic E-state index is 13.9. The number of nitrogens with one attached hydrogen (secondary N) is 1. The average Bonchev–Trinajstić information content (AvgIpc) is 3.41. The zero-order valence-electron chi connectivity index (χ0n) is 21.5. The number of nitrogens with zero attached hydrogens (tertiary/aromatic N) is 3. The molecular weight excluding hydrogens is 659 g/mol. The molecule has 6 rings (SSSR count). The van der Waals surface area contributed by atoms with Gasteiger partial charge in [0.1, 0.15) is 11.8 Å². The number of fused-ring (bicyclic) bond motifs is 2. The summed E-state index contributed by atoms with van der Waals surface area (Å²) in [7, 11) is 0. The van der Waals surface area contributed by atoms with Gasteiger partial charge in [0.15, 0.2) is 0 Å². The van der Waals surface area contributed by atoms with E-state index in [1.807, 2.05) is 0 Å². The summed E-state index contributed by atoms with van der Waals surface area (Å²) in [6.07, 6.45) is 0. The number of halogens is 3. The summed E-state index contributed by atoms with van der Waals surface area (Å²) in [5.74, 6) is -3.09. The van der Waals surface area contributed by atoms with Crippen molar-refractivity contribution in [3.8, 4) is 0 Å². The van der Waals surface area contributed by atoms with E-state index < -0.39 is 44.6 Å². The first-order valence-electron chi connectivity index (χ1n) is 12.6. The van der Waals surface area contributed by atoms with Crippen molar-refractivity contribution in [3.05, 3.63) is 112 Å². The fourth-order valence-electron chi connectivity index (χ4n) is 5.18. The largest absolute Gasteiger partial charge is 0.324 e. The van der Waals surface area contributed by atoms with E-state index in [2.05, 4.69) is 5.32 Å². The molecule has 3 amide bonds. The summed E-state index contributed by atoms with van der Waals surface area (Å²) < 4.78 is 1.29. The number of anilines is 2. The third-order valence-corrected chi connectivity index (χ3v) is 10.7. The normalized spacial score (nSPS) is 19.2. The molecule has 0 spiro atoms. The predicted molar refractivity (Wildman–Crippen MR) is 166 cm³/mol. The Kier molecular flexibility index (Phi) is 7.82. The van der Waals surface area contributed by atoms with E-state index in [-0.39, 0.29) is 22.9 Å². The summed E-state index contributed by atoms with van der Waals surface area (Å²) in [6.45, 7) is -0.350. The second kappa shape index (κ2) is 11.4. The maximum Gasteiger partial charge on any atom is 0.308 e. The topological polar surface area (TPSA) is 132 Å². The van der Waals surface area contributed by atoms with Gasteiger partial charge in [0.25, 0.3) is 5.69 Å². The summed E-state index contributed by atoms with van der Waals surface area (Å²) in [6, 6.07) is 16.5. The molecule has 1 N–H and O–H groups in total. The van der Waals surface area contributed by atoms with Crippen LogP contribution in [0.2, 0.25) is 15.1 Å². The van der Waals surface area contributed by atoms with E-state index in [9.17, 15) is 29.3 Å². The Morgan fingerprint density at radius 2 is 1.63 bits per heavy atom. The van der Waals surface area contributed by atoms with Gasteiger partial charge in [-0.3, -0.25) is 33.9 Å². The number of benzene rings is 3. The number of hydrogen-bond donors (Lipinski definition) is 1. The Labute approximate surface area is 266 Å². The Morgan fingerprint density at radius 3 is 2.28 bits per heavy atom. The molecule has 1 fully saturated rings. The minimum atomic E-state index is -0.922. The number of carbonyl (C=O) groups excluding carboxylic acids is 3. The highest BCUT2D eigenvalue weighted by Gasteiger charge is 2.56. The molecule has 3 aromatic carbocycles. The Morgan fingerprint density at radius 1 is 0.930 bits per heavy atom. The molecule has 3 atom stereocenters. The summed E-state index contributed by atoms with van der Waals surface area (Å²) >= 11 is 20.1. The van der Waals surface area contributed by atoms with E-state index in [0.29, 0.717) is 31.2 Å². The number of nitro benzene ring substituents is 1. The number of rotatable bonds is 6. The molecule has 1 saturated heterocycles. The molecule has 10 nitrogen and oxygen atoms in total. The molecule has 2 aliphatic rings. The second-order valence-electron chi connectivity index (χ2n) is 9.68. The SMILES string of the molecule is O=C(Cn1c2c(sc1=O)[C@H](c1ccc(Cl)cc1)C1C(=O)N(c3ccc([N+](=O)[O-])cc3)C(=O)C1S2)Nc1ccc(Cl)c(Cl)c1. The molecular formula is C28H17Cl3N4O6S2.